The Labute approximate surface area is 116 Å². The number of alkyl halides is 1. The van der Waals surface area contributed by atoms with Crippen molar-refractivity contribution in [1.29, 1.82) is 0 Å². The van der Waals surface area contributed by atoms with Gasteiger partial charge in [-0.3, -0.25) is 0 Å². The summed E-state index contributed by atoms with van der Waals surface area (Å²) in [7, 11) is -3.42. The third-order valence-electron chi connectivity index (χ3n) is 3.12. The van der Waals surface area contributed by atoms with Crippen LogP contribution in [0.1, 0.15) is 25.6 Å². The van der Waals surface area contributed by atoms with Gasteiger partial charge in [-0.1, -0.05) is 22.9 Å². The SMILES string of the molecule is CCCn1cc(S(=O)(=O)N2CCC(Br)C2)nc1C. The van der Waals surface area contributed by atoms with E-state index >= 15 is 0 Å². The molecule has 0 radical (unpaired) electrons. The number of aromatic nitrogens is 2. The number of aryl methyl sites for hydroxylation is 2. The zero-order chi connectivity index (χ0) is 13.3. The smallest absolute Gasteiger partial charge is 0.262 e. The molecule has 0 bridgehead atoms. The van der Waals surface area contributed by atoms with E-state index in [9.17, 15) is 8.42 Å². The Morgan fingerprint density at radius 1 is 1.56 bits per heavy atom. The first-order chi connectivity index (χ1) is 8.45. The molecule has 2 heterocycles. The Kier molecular flexibility index (Phi) is 4.13. The highest BCUT2D eigenvalue weighted by atomic mass is 79.9. The van der Waals surface area contributed by atoms with E-state index in [-0.39, 0.29) is 9.85 Å². The lowest BCUT2D eigenvalue weighted by Gasteiger charge is -2.13. The van der Waals surface area contributed by atoms with Crippen LogP contribution in [0.2, 0.25) is 0 Å². The Hall–Kier alpha value is -0.400. The van der Waals surface area contributed by atoms with Gasteiger partial charge in [0.2, 0.25) is 0 Å². The van der Waals surface area contributed by atoms with Crippen LogP contribution in [0.3, 0.4) is 0 Å². The summed E-state index contributed by atoms with van der Waals surface area (Å²) in [5, 5.41) is 0.176. The molecule has 1 unspecified atom stereocenters. The van der Waals surface area contributed by atoms with Gasteiger partial charge in [0, 0.05) is 30.7 Å². The standard InChI is InChI=1S/C11H18BrN3O2S/c1-3-5-14-8-11(13-9(14)2)18(16,17)15-6-4-10(12)7-15/h8,10H,3-7H2,1-2H3. The molecule has 2 rings (SSSR count). The van der Waals surface area contributed by atoms with Crippen LogP contribution in [-0.2, 0) is 16.6 Å². The van der Waals surface area contributed by atoms with Gasteiger partial charge in [0.15, 0.2) is 5.03 Å². The lowest BCUT2D eigenvalue weighted by Crippen LogP contribution is -2.29. The first-order valence-electron chi connectivity index (χ1n) is 6.13. The van der Waals surface area contributed by atoms with Crippen LogP contribution in [0, 0.1) is 6.92 Å². The molecule has 18 heavy (non-hydrogen) atoms. The maximum atomic E-state index is 12.4. The minimum atomic E-state index is -3.42. The Morgan fingerprint density at radius 2 is 2.28 bits per heavy atom. The van der Waals surface area contributed by atoms with Crippen LogP contribution in [0.4, 0.5) is 0 Å². The molecule has 102 valence electrons. The van der Waals surface area contributed by atoms with Crippen molar-refractivity contribution in [1.82, 2.24) is 13.9 Å². The second kappa shape index (κ2) is 5.30. The molecule has 0 aromatic carbocycles. The van der Waals surface area contributed by atoms with Gasteiger partial charge in [0.25, 0.3) is 10.0 Å². The van der Waals surface area contributed by atoms with Crippen molar-refractivity contribution in [2.24, 2.45) is 0 Å². The predicted molar refractivity (Wildman–Crippen MR) is 73.3 cm³/mol. The zero-order valence-electron chi connectivity index (χ0n) is 10.6. The van der Waals surface area contributed by atoms with Crippen molar-refractivity contribution in [2.45, 2.75) is 43.1 Å². The number of imidazole rings is 1. The third kappa shape index (κ3) is 2.62. The van der Waals surface area contributed by atoms with Gasteiger partial charge in [0.1, 0.15) is 5.82 Å². The molecule has 1 fully saturated rings. The fraction of sp³-hybridized carbons (Fsp3) is 0.727. The third-order valence-corrected chi connectivity index (χ3v) is 5.60. The van der Waals surface area contributed by atoms with Crippen LogP contribution < -0.4 is 0 Å². The molecule has 1 aliphatic rings. The van der Waals surface area contributed by atoms with Gasteiger partial charge in [-0.05, 0) is 19.8 Å². The van der Waals surface area contributed by atoms with Crippen LogP contribution in [-0.4, -0.2) is 40.2 Å². The van der Waals surface area contributed by atoms with E-state index in [0.29, 0.717) is 13.1 Å². The van der Waals surface area contributed by atoms with E-state index < -0.39 is 10.0 Å². The van der Waals surface area contributed by atoms with Crippen LogP contribution >= 0.6 is 15.9 Å². The van der Waals surface area contributed by atoms with Crippen LogP contribution in [0.25, 0.3) is 0 Å². The van der Waals surface area contributed by atoms with Crippen molar-refractivity contribution in [2.75, 3.05) is 13.1 Å². The fourth-order valence-corrected chi connectivity index (χ4v) is 4.35. The molecule has 1 aromatic heterocycles. The van der Waals surface area contributed by atoms with Gasteiger partial charge in [-0.15, -0.1) is 0 Å². The minimum Gasteiger partial charge on any atom is -0.334 e. The summed E-state index contributed by atoms with van der Waals surface area (Å²) < 4.78 is 28.2. The minimum absolute atomic E-state index is 0.176. The van der Waals surface area contributed by atoms with E-state index in [1.54, 1.807) is 6.20 Å². The summed E-state index contributed by atoms with van der Waals surface area (Å²) in [6, 6.07) is 0. The molecule has 0 N–H and O–H groups in total. The molecular formula is C11H18BrN3O2S. The maximum absolute atomic E-state index is 12.4. The zero-order valence-corrected chi connectivity index (χ0v) is 13.0. The van der Waals surface area contributed by atoms with Gasteiger partial charge in [-0.25, -0.2) is 13.4 Å². The number of sulfonamides is 1. The molecule has 0 saturated carbocycles. The number of hydrogen-bond donors (Lipinski definition) is 0. The molecule has 0 aliphatic carbocycles. The highest BCUT2D eigenvalue weighted by Crippen LogP contribution is 2.24. The summed E-state index contributed by atoms with van der Waals surface area (Å²) >= 11 is 3.46. The number of halogens is 1. The van der Waals surface area contributed by atoms with E-state index in [1.807, 2.05) is 11.5 Å². The Bertz CT molecular complexity index is 526. The fourth-order valence-electron chi connectivity index (χ4n) is 2.11. The lowest BCUT2D eigenvalue weighted by molar-refractivity contribution is 0.475. The summed E-state index contributed by atoms with van der Waals surface area (Å²) in [5.74, 6) is 0.755. The summed E-state index contributed by atoms with van der Waals surface area (Å²) in [4.78, 5) is 4.44. The van der Waals surface area contributed by atoms with Crippen LogP contribution in [0.15, 0.2) is 11.2 Å². The van der Waals surface area contributed by atoms with Gasteiger partial charge in [0.05, 0.1) is 0 Å². The molecule has 1 aliphatic heterocycles. The second-order valence-electron chi connectivity index (χ2n) is 4.57. The molecule has 0 amide bonds. The van der Waals surface area contributed by atoms with Crippen LogP contribution in [0.5, 0.6) is 0 Å². The van der Waals surface area contributed by atoms with Crippen molar-refractivity contribution in [3.63, 3.8) is 0 Å². The Morgan fingerprint density at radius 3 is 2.83 bits per heavy atom. The molecule has 5 nitrogen and oxygen atoms in total. The quantitative estimate of drug-likeness (QED) is 0.788. The molecule has 0 spiro atoms. The maximum Gasteiger partial charge on any atom is 0.262 e. The number of nitrogens with zero attached hydrogens (tertiary/aromatic N) is 3. The lowest BCUT2D eigenvalue weighted by atomic mass is 10.4. The Balaban J connectivity index is 2.27. The van der Waals surface area contributed by atoms with E-state index in [2.05, 4.69) is 27.8 Å². The highest BCUT2D eigenvalue weighted by molar-refractivity contribution is 9.09. The molecule has 1 atom stereocenters. The predicted octanol–water partition coefficient (Wildman–Crippen LogP) is 1.76. The van der Waals surface area contributed by atoms with Gasteiger partial charge >= 0.3 is 0 Å². The van der Waals surface area contributed by atoms with Gasteiger partial charge < -0.3 is 4.57 Å². The summed E-state index contributed by atoms with van der Waals surface area (Å²) in [6.07, 6.45) is 3.47. The van der Waals surface area contributed by atoms with Crippen molar-refractivity contribution < 1.29 is 8.42 Å². The van der Waals surface area contributed by atoms with Gasteiger partial charge in [-0.2, -0.15) is 4.31 Å². The molecule has 1 aromatic rings. The molecule has 7 heteroatoms. The van der Waals surface area contributed by atoms with E-state index in [4.69, 9.17) is 0 Å². The summed E-state index contributed by atoms with van der Waals surface area (Å²) in [5.41, 5.74) is 0. The average Bonchev–Trinajstić information content (AvgIpc) is 2.87. The van der Waals surface area contributed by atoms with Crippen molar-refractivity contribution in [3.8, 4) is 0 Å². The second-order valence-corrected chi connectivity index (χ2v) is 7.75. The van der Waals surface area contributed by atoms with Crippen molar-refractivity contribution >= 4 is 26.0 Å². The summed E-state index contributed by atoms with van der Waals surface area (Å²) in [6.45, 7) is 5.80. The van der Waals surface area contributed by atoms with E-state index in [1.165, 1.54) is 4.31 Å². The van der Waals surface area contributed by atoms with E-state index in [0.717, 1.165) is 25.2 Å². The highest BCUT2D eigenvalue weighted by Gasteiger charge is 2.33. The largest absolute Gasteiger partial charge is 0.334 e. The number of hydrogen-bond acceptors (Lipinski definition) is 3. The topological polar surface area (TPSA) is 55.2 Å². The first kappa shape index (κ1) is 14.0. The number of rotatable bonds is 4. The normalized spacial score (nSPS) is 21.6. The first-order valence-corrected chi connectivity index (χ1v) is 8.48. The van der Waals surface area contributed by atoms with Crippen molar-refractivity contribution in [3.05, 3.63) is 12.0 Å². The monoisotopic (exact) mass is 335 g/mol. The molecular weight excluding hydrogens is 318 g/mol. The average molecular weight is 336 g/mol. The molecule has 1 saturated heterocycles.